The molecule has 412 valence electrons. The highest BCUT2D eigenvalue weighted by atomic mass is 15.1. The van der Waals surface area contributed by atoms with Crippen molar-refractivity contribution in [3.8, 4) is 123 Å². The lowest BCUT2D eigenvalue weighted by molar-refractivity contribution is 1.10. The van der Waals surface area contributed by atoms with Crippen LogP contribution in [0.15, 0.2) is 328 Å². The molecule has 0 unspecified atom stereocenters. The molecule has 0 aliphatic heterocycles. The van der Waals surface area contributed by atoms with E-state index in [1.54, 1.807) is 0 Å². The minimum absolute atomic E-state index is 0.801. The first-order chi connectivity index (χ1) is 43.6. The minimum Gasteiger partial charge on any atom is -0.292 e. The molecular weight excluding hydrogens is 1070 g/mol. The summed E-state index contributed by atoms with van der Waals surface area (Å²) in [4.78, 5) is 21.6. The standard InChI is InChI=1S/C82H54N6/c1-5-19-55(20-6-1)65-23-17-25-67(51-65)71-53-75-76(54-72(71)68-26-18-24-66(52-68)56-21-7-2-8-22-56)84-80(62-45-37-58(38-46-62)60-41-49-64(50-42-60)82-86-74-32-14-16-34-78(74)88(82)70-29-11-4-12-30-70)79(83-75)61-43-35-57(36-44-61)59-39-47-63(48-40-59)81-85-73-31-13-15-33-77(73)87(81)69-27-9-3-10-28-69/h1-54H. The largest absolute Gasteiger partial charge is 0.292 e. The minimum atomic E-state index is 0.801. The molecule has 3 heterocycles. The monoisotopic (exact) mass is 1120 g/mol. The van der Waals surface area contributed by atoms with E-state index in [9.17, 15) is 0 Å². The molecule has 0 saturated carbocycles. The van der Waals surface area contributed by atoms with E-state index in [2.05, 4.69) is 312 Å². The molecule has 88 heavy (non-hydrogen) atoms. The van der Waals surface area contributed by atoms with Crippen molar-refractivity contribution in [1.82, 2.24) is 29.1 Å². The lowest BCUT2D eigenvalue weighted by Gasteiger charge is -2.17. The van der Waals surface area contributed by atoms with Gasteiger partial charge in [-0.25, -0.2) is 19.9 Å². The maximum absolute atomic E-state index is 5.67. The molecule has 6 heteroatoms. The van der Waals surface area contributed by atoms with Gasteiger partial charge < -0.3 is 0 Å². The van der Waals surface area contributed by atoms with Crippen molar-refractivity contribution < 1.29 is 0 Å². The number of fused-ring (bicyclic) bond motifs is 3. The Morgan fingerprint density at radius 3 is 0.841 bits per heavy atom. The summed E-state index contributed by atoms with van der Waals surface area (Å²) in [5, 5.41) is 0. The summed E-state index contributed by atoms with van der Waals surface area (Å²) in [5.41, 5.74) is 26.8. The molecule has 0 aliphatic rings. The molecule has 0 spiro atoms. The van der Waals surface area contributed by atoms with Gasteiger partial charge in [0.2, 0.25) is 0 Å². The molecule has 0 amide bonds. The van der Waals surface area contributed by atoms with Crippen LogP contribution < -0.4 is 0 Å². The summed E-state index contributed by atoms with van der Waals surface area (Å²) in [6, 6.07) is 116. The van der Waals surface area contributed by atoms with Gasteiger partial charge >= 0.3 is 0 Å². The summed E-state index contributed by atoms with van der Waals surface area (Å²) >= 11 is 0. The Labute approximate surface area is 510 Å². The zero-order chi connectivity index (χ0) is 58.3. The van der Waals surface area contributed by atoms with Crippen LogP contribution in [0.2, 0.25) is 0 Å². The van der Waals surface area contributed by atoms with Gasteiger partial charge in [0, 0.05) is 33.6 Å². The lowest BCUT2D eigenvalue weighted by atomic mass is 9.90. The smallest absolute Gasteiger partial charge is 0.145 e. The Balaban J connectivity index is 0.805. The van der Waals surface area contributed by atoms with Crippen LogP contribution in [-0.4, -0.2) is 29.1 Å². The fourth-order valence-electron chi connectivity index (χ4n) is 12.4. The van der Waals surface area contributed by atoms with Crippen LogP contribution in [0.4, 0.5) is 0 Å². The summed E-state index contributed by atoms with van der Waals surface area (Å²) in [5.74, 6) is 1.80. The van der Waals surface area contributed by atoms with E-state index in [1.165, 1.54) is 0 Å². The van der Waals surface area contributed by atoms with E-state index in [-0.39, 0.29) is 0 Å². The quantitative estimate of drug-likeness (QED) is 0.122. The van der Waals surface area contributed by atoms with Crippen LogP contribution >= 0.6 is 0 Å². The van der Waals surface area contributed by atoms with Crippen LogP contribution in [0.1, 0.15) is 0 Å². The van der Waals surface area contributed by atoms with Crippen molar-refractivity contribution in [2.45, 2.75) is 0 Å². The average molecular weight is 1120 g/mol. The highest BCUT2D eigenvalue weighted by Crippen LogP contribution is 2.42. The Morgan fingerprint density at radius 1 is 0.182 bits per heavy atom. The van der Waals surface area contributed by atoms with Gasteiger partial charge in [0.05, 0.1) is 44.5 Å². The number of nitrogens with zero attached hydrogens (tertiary/aromatic N) is 6. The second-order valence-electron chi connectivity index (χ2n) is 22.2. The van der Waals surface area contributed by atoms with Crippen molar-refractivity contribution in [3.63, 3.8) is 0 Å². The zero-order valence-corrected chi connectivity index (χ0v) is 47.9. The maximum atomic E-state index is 5.67. The van der Waals surface area contributed by atoms with Crippen LogP contribution in [0, 0.1) is 0 Å². The Morgan fingerprint density at radius 2 is 0.466 bits per heavy atom. The van der Waals surface area contributed by atoms with Gasteiger partial charge in [-0.05, 0) is 140 Å². The second-order valence-corrected chi connectivity index (χ2v) is 22.2. The van der Waals surface area contributed by atoms with E-state index in [0.717, 1.165) is 157 Å². The topological polar surface area (TPSA) is 61.4 Å². The van der Waals surface area contributed by atoms with Crippen molar-refractivity contribution in [2.24, 2.45) is 0 Å². The molecular formula is C82H54N6. The number of para-hydroxylation sites is 6. The summed E-state index contributed by atoms with van der Waals surface area (Å²) < 4.78 is 4.49. The number of hydrogen-bond acceptors (Lipinski definition) is 4. The number of imidazole rings is 2. The average Bonchev–Trinajstić information content (AvgIpc) is 1.64. The molecule has 0 bridgehead atoms. The van der Waals surface area contributed by atoms with Crippen molar-refractivity contribution in [1.29, 1.82) is 0 Å². The summed E-state index contributed by atoms with van der Waals surface area (Å²) in [6.07, 6.45) is 0. The number of aromatic nitrogens is 6. The molecule has 0 saturated heterocycles. The highest BCUT2D eigenvalue weighted by Gasteiger charge is 2.21. The van der Waals surface area contributed by atoms with E-state index in [0.29, 0.717) is 0 Å². The molecule has 13 aromatic carbocycles. The first-order valence-electron chi connectivity index (χ1n) is 29.8. The Bertz CT molecular complexity index is 4860. The fourth-order valence-corrected chi connectivity index (χ4v) is 12.4. The van der Waals surface area contributed by atoms with Gasteiger partial charge in [-0.2, -0.15) is 0 Å². The predicted octanol–water partition coefficient (Wildman–Crippen LogP) is 21.0. The Hall–Kier alpha value is -11.9. The number of benzene rings is 13. The van der Waals surface area contributed by atoms with Crippen molar-refractivity contribution in [3.05, 3.63) is 328 Å². The third kappa shape index (κ3) is 9.71. The van der Waals surface area contributed by atoms with E-state index < -0.39 is 0 Å². The highest BCUT2D eigenvalue weighted by molar-refractivity contribution is 5.97. The van der Waals surface area contributed by atoms with Gasteiger partial charge in [-0.15, -0.1) is 0 Å². The molecule has 16 aromatic rings. The lowest BCUT2D eigenvalue weighted by Crippen LogP contribution is -1.98. The van der Waals surface area contributed by atoms with Crippen molar-refractivity contribution in [2.75, 3.05) is 0 Å². The number of hydrogen-bond donors (Lipinski definition) is 0. The first-order valence-corrected chi connectivity index (χ1v) is 29.8. The van der Waals surface area contributed by atoms with Gasteiger partial charge in [0.1, 0.15) is 11.6 Å². The first kappa shape index (κ1) is 51.8. The molecule has 0 fully saturated rings. The third-order valence-electron chi connectivity index (χ3n) is 16.8. The second kappa shape index (κ2) is 22.3. The van der Waals surface area contributed by atoms with Crippen LogP contribution in [-0.2, 0) is 0 Å². The van der Waals surface area contributed by atoms with Gasteiger partial charge in [-0.3, -0.25) is 9.13 Å². The van der Waals surface area contributed by atoms with Crippen molar-refractivity contribution >= 4 is 33.1 Å². The molecule has 0 atom stereocenters. The van der Waals surface area contributed by atoms with Gasteiger partial charge in [-0.1, -0.05) is 255 Å². The molecule has 6 nitrogen and oxygen atoms in total. The summed E-state index contributed by atoms with van der Waals surface area (Å²) in [7, 11) is 0. The molecule has 3 aromatic heterocycles. The van der Waals surface area contributed by atoms with Gasteiger partial charge in [0.25, 0.3) is 0 Å². The van der Waals surface area contributed by atoms with Gasteiger partial charge in [0.15, 0.2) is 0 Å². The zero-order valence-electron chi connectivity index (χ0n) is 47.9. The van der Waals surface area contributed by atoms with E-state index in [4.69, 9.17) is 19.9 Å². The number of rotatable bonds is 12. The van der Waals surface area contributed by atoms with E-state index in [1.807, 2.05) is 24.3 Å². The SMILES string of the molecule is c1ccc(-c2cccc(-c3cc4nc(-c5ccc(-c6ccc(-c7nc8ccccc8n7-c7ccccc7)cc6)cc5)c(-c5ccc(-c6ccc(-c7nc8ccccc8n7-c7ccccc7)cc6)cc5)nc4cc3-c3cccc(-c4ccccc4)c3)c2)cc1. The van der Waals surface area contributed by atoms with E-state index >= 15 is 0 Å². The molecule has 0 radical (unpaired) electrons. The van der Waals surface area contributed by atoms with Crippen LogP contribution in [0.3, 0.4) is 0 Å². The van der Waals surface area contributed by atoms with Crippen LogP contribution in [0.5, 0.6) is 0 Å². The maximum Gasteiger partial charge on any atom is 0.145 e. The third-order valence-corrected chi connectivity index (χ3v) is 16.8. The van der Waals surface area contributed by atoms with Crippen LogP contribution in [0.25, 0.3) is 157 Å². The molecule has 0 aliphatic carbocycles. The predicted molar refractivity (Wildman–Crippen MR) is 363 cm³/mol. The Kier molecular flexibility index (Phi) is 13.1. The molecule has 16 rings (SSSR count). The normalized spacial score (nSPS) is 11.4. The summed E-state index contributed by atoms with van der Waals surface area (Å²) in [6.45, 7) is 0. The fraction of sp³-hybridized carbons (Fsp3) is 0. The molecule has 0 N–H and O–H groups in total.